The molecule has 1 amide bonds. The molecule has 0 saturated heterocycles. The number of carbonyl (C=O) groups excluding carboxylic acids is 1. The van der Waals surface area contributed by atoms with Crippen LogP contribution in [-0.4, -0.2) is 32.8 Å². The Morgan fingerprint density at radius 3 is 2.48 bits per heavy atom. The van der Waals surface area contributed by atoms with Gasteiger partial charge in [-0.25, -0.2) is 4.68 Å². The van der Waals surface area contributed by atoms with Crippen molar-refractivity contribution in [3.8, 4) is 0 Å². The standard InChI is InChI=1S/C19H29F2N3O3/c1-12-16(13(2)24(23-12)19(20)21)11-17(25)22-15(8-9-18(26)27)10-14-6-4-3-5-7-14/h14-15,19H,3-11H2,1-2H3,(H,22,25)(H,26,27). The highest BCUT2D eigenvalue weighted by Gasteiger charge is 2.23. The zero-order valence-corrected chi connectivity index (χ0v) is 16.0. The van der Waals surface area contributed by atoms with Crippen LogP contribution in [-0.2, 0) is 16.0 Å². The topological polar surface area (TPSA) is 84.2 Å². The number of alkyl halides is 2. The van der Waals surface area contributed by atoms with Crippen LogP contribution in [0.1, 0.15) is 74.9 Å². The lowest BCUT2D eigenvalue weighted by molar-refractivity contribution is -0.137. The van der Waals surface area contributed by atoms with Crippen LogP contribution < -0.4 is 5.32 Å². The van der Waals surface area contributed by atoms with Crippen molar-refractivity contribution in [1.29, 1.82) is 0 Å². The number of halogens is 2. The van der Waals surface area contributed by atoms with Crippen LogP contribution in [0.4, 0.5) is 8.78 Å². The molecule has 1 unspecified atom stereocenters. The van der Waals surface area contributed by atoms with Crippen molar-refractivity contribution in [3.05, 3.63) is 17.0 Å². The number of rotatable bonds is 9. The second kappa shape index (κ2) is 9.80. The summed E-state index contributed by atoms with van der Waals surface area (Å²) in [6.07, 6.45) is 6.93. The quantitative estimate of drug-likeness (QED) is 0.678. The number of carbonyl (C=O) groups is 2. The van der Waals surface area contributed by atoms with Crippen LogP contribution >= 0.6 is 0 Å². The van der Waals surface area contributed by atoms with Crippen LogP contribution in [0.5, 0.6) is 0 Å². The third-order valence-corrected chi connectivity index (χ3v) is 5.41. The summed E-state index contributed by atoms with van der Waals surface area (Å²) < 4.78 is 26.5. The van der Waals surface area contributed by atoms with Gasteiger partial charge in [0.1, 0.15) is 0 Å². The molecule has 1 aliphatic rings. The first-order chi connectivity index (χ1) is 12.8. The van der Waals surface area contributed by atoms with E-state index in [2.05, 4.69) is 10.4 Å². The zero-order chi connectivity index (χ0) is 20.0. The maximum atomic E-state index is 12.9. The normalized spacial score (nSPS) is 16.5. The minimum Gasteiger partial charge on any atom is -0.481 e. The minimum absolute atomic E-state index is 0.000955. The van der Waals surface area contributed by atoms with Crippen LogP contribution in [0.25, 0.3) is 0 Å². The number of carboxylic acid groups (broad SMARTS) is 1. The summed E-state index contributed by atoms with van der Waals surface area (Å²) in [5, 5.41) is 15.7. The van der Waals surface area contributed by atoms with E-state index >= 15 is 0 Å². The summed E-state index contributed by atoms with van der Waals surface area (Å²) in [4.78, 5) is 23.4. The Morgan fingerprint density at radius 2 is 1.93 bits per heavy atom. The highest BCUT2D eigenvalue weighted by Crippen LogP contribution is 2.28. The Labute approximate surface area is 158 Å². The number of hydrogen-bond acceptors (Lipinski definition) is 3. The molecule has 27 heavy (non-hydrogen) atoms. The van der Waals surface area contributed by atoms with Crippen molar-refractivity contribution < 1.29 is 23.5 Å². The number of aliphatic carboxylic acids is 1. The van der Waals surface area contributed by atoms with Crippen LogP contribution in [0.3, 0.4) is 0 Å². The van der Waals surface area contributed by atoms with Gasteiger partial charge in [0, 0.05) is 23.7 Å². The molecule has 1 atom stereocenters. The fraction of sp³-hybridized carbons (Fsp3) is 0.737. The van der Waals surface area contributed by atoms with Gasteiger partial charge in [0.15, 0.2) is 0 Å². The molecule has 0 aromatic carbocycles. The van der Waals surface area contributed by atoms with Gasteiger partial charge in [-0.05, 0) is 32.6 Å². The van der Waals surface area contributed by atoms with Gasteiger partial charge in [-0.2, -0.15) is 13.9 Å². The average molecular weight is 385 g/mol. The lowest BCUT2D eigenvalue weighted by Crippen LogP contribution is -2.38. The number of nitrogens with zero attached hydrogens (tertiary/aromatic N) is 2. The molecule has 1 saturated carbocycles. The lowest BCUT2D eigenvalue weighted by atomic mass is 9.84. The molecular weight excluding hydrogens is 356 g/mol. The highest BCUT2D eigenvalue weighted by molar-refractivity contribution is 5.79. The Balaban J connectivity index is 2.00. The predicted octanol–water partition coefficient (Wildman–Crippen LogP) is 3.76. The van der Waals surface area contributed by atoms with E-state index in [1.165, 1.54) is 26.2 Å². The Hall–Kier alpha value is -1.99. The number of carboxylic acids is 1. The summed E-state index contributed by atoms with van der Waals surface area (Å²) in [5.41, 5.74) is 1.20. The predicted molar refractivity (Wildman–Crippen MR) is 96.7 cm³/mol. The molecule has 6 nitrogen and oxygen atoms in total. The first-order valence-electron chi connectivity index (χ1n) is 9.61. The second-order valence-corrected chi connectivity index (χ2v) is 7.48. The van der Waals surface area contributed by atoms with E-state index < -0.39 is 12.5 Å². The van der Waals surface area contributed by atoms with Gasteiger partial charge in [0.25, 0.3) is 0 Å². The average Bonchev–Trinajstić information content (AvgIpc) is 2.89. The Kier molecular flexibility index (Phi) is 7.74. The molecule has 1 heterocycles. The van der Waals surface area contributed by atoms with E-state index in [-0.39, 0.29) is 30.5 Å². The van der Waals surface area contributed by atoms with E-state index in [1.54, 1.807) is 6.92 Å². The molecule has 1 aliphatic carbocycles. The summed E-state index contributed by atoms with van der Waals surface area (Å²) in [6, 6.07) is -0.206. The molecule has 0 bridgehead atoms. The third-order valence-electron chi connectivity index (χ3n) is 5.41. The Morgan fingerprint density at radius 1 is 1.26 bits per heavy atom. The molecule has 1 fully saturated rings. The number of aromatic nitrogens is 2. The van der Waals surface area contributed by atoms with E-state index in [0.29, 0.717) is 28.3 Å². The maximum Gasteiger partial charge on any atom is 0.333 e. The summed E-state index contributed by atoms with van der Waals surface area (Å²) >= 11 is 0. The summed E-state index contributed by atoms with van der Waals surface area (Å²) in [6.45, 7) is 0.395. The van der Waals surface area contributed by atoms with E-state index in [1.807, 2.05) is 0 Å². The molecule has 8 heteroatoms. The largest absolute Gasteiger partial charge is 0.481 e. The zero-order valence-electron chi connectivity index (χ0n) is 16.0. The van der Waals surface area contributed by atoms with Crippen LogP contribution in [0, 0.1) is 19.8 Å². The molecule has 0 spiro atoms. The molecule has 0 aliphatic heterocycles. The van der Waals surface area contributed by atoms with Gasteiger partial charge in [0.2, 0.25) is 5.91 Å². The van der Waals surface area contributed by atoms with Crippen LogP contribution in [0.15, 0.2) is 0 Å². The van der Waals surface area contributed by atoms with Crippen molar-refractivity contribution in [3.63, 3.8) is 0 Å². The number of nitrogens with one attached hydrogen (secondary N) is 1. The first-order valence-corrected chi connectivity index (χ1v) is 9.61. The molecule has 0 radical (unpaired) electrons. The smallest absolute Gasteiger partial charge is 0.333 e. The van der Waals surface area contributed by atoms with Crippen molar-refractivity contribution in [2.24, 2.45) is 5.92 Å². The summed E-state index contributed by atoms with van der Waals surface area (Å²) in [5.74, 6) is -0.660. The lowest BCUT2D eigenvalue weighted by Gasteiger charge is -2.27. The number of aryl methyl sites for hydroxylation is 1. The number of amides is 1. The fourth-order valence-corrected chi connectivity index (χ4v) is 3.95. The Bertz CT molecular complexity index is 655. The third kappa shape index (κ3) is 6.29. The molecule has 1 aromatic rings. The fourth-order valence-electron chi connectivity index (χ4n) is 3.95. The highest BCUT2D eigenvalue weighted by atomic mass is 19.3. The van der Waals surface area contributed by atoms with Gasteiger partial charge in [-0.15, -0.1) is 0 Å². The minimum atomic E-state index is -2.74. The van der Waals surface area contributed by atoms with Gasteiger partial charge in [0.05, 0.1) is 12.1 Å². The maximum absolute atomic E-state index is 12.9. The van der Waals surface area contributed by atoms with Crippen molar-refractivity contribution in [1.82, 2.24) is 15.1 Å². The molecule has 1 aromatic heterocycles. The van der Waals surface area contributed by atoms with Crippen molar-refractivity contribution in [2.75, 3.05) is 0 Å². The first kappa shape index (κ1) is 21.3. The van der Waals surface area contributed by atoms with Crippen LogP contribution in [0.2, 0.25) is 0 Å². The van der Waals surface area contributed by atoms with Gasteiger partial charge < -0.3 is 10.4 Å². The van der Waals surface area contributed by atoms with E-state index in [9.17, 15) is 18.4 Å². The van der Waals surface area contributed by atoms with Crippen molar-refractivity contribution >= 4 is 11.9 Å². The van der Waals surface area contributed by atoms with Crippen molar-refractivity contribution in [2.45, 2.75) is 84.2 Å². The molecule has 2 N–H and O–H groups in total. The molecule has 152 valence electrons. The molecular formula is C19H29F2N3O3. The van der Waals surface area contributed by atoms with Gasteiger partial charge in [-0.1, -0.05) is 32.1 Å². The van der Waals surface area contributed by atoms with Gasteiger partial charge in [-0.3, -0.25) is 9.59 Å². The monoisotopic (exact) mass is 385 g/mol. The summed E-state index contributed by atoms with van der Waals surface area (Å²) in [7, 11) is 0. The van der Waals surface area contributed by atoms with E-state index in [4.69, 9.17) is 5.11 Å². The molecule has 2 rings (SSSR count). The SMILES string of the molecule is Cc1nn(C(F)F)c(C)c1CC(=O)NC(CCC(=O)O)CC1CCCCC1. The number of hydrogen-bond donors (Lipinski definition) is 2. The van der Waals surface area contributed by atoms with Gasteiger partial charge >= 0.3 is 12.5 Å². The van der Waals surface area contributed by atoms with E-state index in [0.717, 1.165) is 19.3 Å². The second-order valence-electron chi connectivity index (χ2n) is 7.48.